The molecular formula is C23H22F2O3. The third kappa shape index (κ3) is 5.38. The summed E-state index contributed by atoms with van der Waals surface area (Å²) in [6, 6.07) is 19.0. The first-order valence-electron chi connectivity index (χ1n) is 9.10. The van der Waals surface area contributed by atoms with Crippen molar-refractivity contribution in [1.82, 2.24) is 0 Å². The second-order valence-electron chi connectivity index (χ2n) is 6.56. The lowest BCUT2D eigenvalue weighted by atomic mass is 10.1. The van der Waals surface area contributed by atoms with Crippen LogP contribution in [-0.4, -0.2) is 17.8 Å². The summed E-state index contributed by atoms with van der Waals surface area (Å²) in [4.78, 5) is 0. The van der Waals surface area contributed by atoms with E-state index in [2.05, 4.69) is 0 Å². The number of aliphatic hydroxyl groups excluding tert-OH is 1. The minimum Gasteiger partial charge on any atom is -0.454 e. The summed E-state index contributed by atoms with van der Waals surface area (Å²) in [5.41, 5.74) is 1.17. The molecule has 4 rings (SSSR count). The van der Waals surface area contributed by atoms with Crippen LogP contribution in [0.25, 0.3) is 0 Å². The van der Waals surface area contributed by atoms with Gasteiger partial charge in [0.25, 0.3) is 0 Å². The van der Waals surface area contributed by atoms with Gasteiger partial charge in [-0.25, -0.2) is 8.78 Å². The lowest BCUT2D eigenvalue weighted by molar-refractivity contribution is 0.0801. The summed E-state index contributed by atoms with van der Waals surface area (Å²) in [5.74, 6) is -0.605. The van der Waals surface area contributed by atoms with Gasteiger partial charge in [-0.15, -0.1) is 0 Å². The average molecular weight is 384 g/mol. The van der Waals surface area contributed by atoms with E-state index in [1.165, 1.54) is 17.7 Å². The van der Waals surface area contributed by atoms with Gasteiger partial charge in [-0.1, -0.05) is 42.5 Å². The molecule has 0 radical (unpaired) electrons. The van der Waals surface area contributed by atoms with Crippen molar-refractivity contribution >= 4 is 0 Å². The molecule has 0 bridgehead atoms. The van der Waals surface area contributed by atoms with Crippen LogP contribution in [0.1, 0.15) is 18.9 Å². The van der Waals surface area contributed by atoms with Gasteiger partial charge in [0.2, 0.25) is 0 Å². The highest BCUT2D eigenvalue weighted by Gasteiger charge is 2.11. The third-order valence-corrected chi connectivity index (χ3v) is 4.20. The Morgan fingerprint density at radius 3 is 2.29 bits per heavy atom. The van der Waals surface area contributed by atoms with Crippen LogP contribution in [-0.2, 0) is 11.3 Å². The zero-order chi connectivity index (χ0) is 19.9. The molecule has 0 saturated carbocycles. The number of hydrogen-bond acceptors (Lipinski definition) is 3. The zero-order valence-corrected chi connectivity index (χ0v) is 15.6. The fraction of sp³-hybridized carbons (Fsp3) is 0.217. The van der Waals surface area contributed by atoms with E-state index >= 15 is 0 Å². The Labute approximate surface area is 162 Å². The topological polar surface area (TPSA) is 38.7 Å². The van der Waals surface area contributed by atoms with Crippen LogP contribution in [0.3, 0.4) is 0 Å². The standard InChI is InChI=1S/C12H6F2O.C11H16O2/c13-8-2-4-11(10(14)6-8)15-12-5-7-1-3-9(7)12;1-10(12)7-8-13-9-11-5-3-2-4-6-11/h1-6H;2-6,10,12H,7-9H2,1H3. The largest absolute Gasteiger partial charge is 0.454 e. The normalized spacial score (nSPS) is 12.0. The van der Waals surface area contributed by atoms with Crippen molar-refractivity contribution in [2.75, 3.05) is 6.61 Å². The average Bonchev–Trinajstić information content (AvgIpc) is 2.66. The predicted octanol–water partition coefficient (Wildman–Crippen LogP) is 5.33. The number of halogens is 2. The SMILES string of the molecule is CC(O)CCOCc1ccccc1.Fc1ccc(Oc2cc3ccc2=3)c(F)c1. The lowest BCUT2D eigenvalue weighted by Crippen LogP contribution is -2.05. The number of rotatable bonds is 7. The Morgan fingerprint density at radius 2 is 1.71 bits per heavy atom. The summed E-state index contributed by atoms with van der Waals surface area (Å²) in [7, 11) is 0. The highest BCUT2D eigenvalue weighted by atomic mass is 19.1. The van der Waals surface area contributed by atoms with Crippen LogP contribution in [0, 0.1) is 22.1 Å². The Balaban J connectivity index is 0.000000163. The van der Waals surface area contributed by atoms with Gasteiger partial charge >= 0.3 is 0 Å². The van der Waals surface area contributed by atoms with Crippen molar-refractivity contribution < 1.29 is 23.4 Å². The molecule has 3 nitrogen and oxygen atoms in total. The smallest absolute Gasteiger partial charge is 0.168 e. The third-order valence-electron chi connectivity index (χ3n) is 4.20. The maximum Gasteiger partial charge on any atom is 0.168 e. The summed E-state index contributed by atoms with van der Waals surface area (Å²) in [6.45, 7) is 3.02. The summed E-state index contributed by atoms with van der Waals surface area (Å²) in [6.07, 6.45) is 0.433. The second kappa shape index (κ2) is 9.44. The van der Waals surface area contributed by atoms with Crippen LogP contribution >= 0.6 is 0 Å². The molecule has 2 aliphatic rings. The molecular weight excluding hydrogens is 362 g/mol. The molecule has 2 aromatic carbocycles. The van der Waals surface area contributed by atoms with Gasteiger partial charge in [-0.2, -0.15) is 0 Å². The lowest BCUT2D eigenvalue weighted by Gasteiger charge is -2.12. The minimum atomic E-state index is -0.687. The summed E-state index contributed by atoms with van der Waals surface area (Å²) in [5, 5.41) is 11.1. The molecule has 2 aromatic rings. The monoisotopic (exact) mass is 384 g/mol. The molecule has 28 heavy (non-hydrogen) atoms. The van der Waals surface area contributed by atoms with Crippen molar-refractivity contribution in [1.29, 1.82) is 0 Å². The van der Waals surface area contributed by atoms with Gasteiger partial charge in [0, 0.05) is 17.9 Å². The van der Waals surface area contributed by atoms with E-state index in [4.69, 9.17) is 14.6 Å². The van der Waals surface area contributed by atoms with Crippen molar-refractivity contribution in [2.45, 2.75) is 26.1 Å². The molecule has 1 unspecified atom stereocenters. The van der Waals surface area contributed by atoms with Gasteiger partial charge < -0.3 is 14.6 Å². The second-order valence-corrected chi connectivity index (χ2v) is 6.56. The van der Waals surface area contributed by atoms with E-state index in [1.54, 1.807) is 6.92 Å². The van der Waals surface area contributed by atoms with Crippen molar-refractivity contribution in [3.63, 3.8) is 0 Å². The van der Waals surface area contributed by atoms with E-state index in [1.807, 2.05) is 48.5 Å². The van der Waals surface area contributed by atoms with Crippen LogP contribution in [0.5, 0.6) is 11.5 Å². The predicted molar refractivity (Wildman–Crippen MR) is 103 cm³/mol. The van der Waals surface area contributed by atoms with Gasteiger partial charge in [0.05, 0.1) is 12.7 Å². The Bertz CT molecular complexity index is 1000. The van der Waals surface area contributed by atoms with Gasteiger partial charge in [0.1, 0.15) is 11.6 Å². The van der Waals surface area contributed by atoms with Crippen molar-refractivity contribution in [3.05, 3.63) is 94.4 Å². The molecule has 0 heterocycles. The first-order chi connectivity index (χ1) is 13.5. The van der Waals surface area contributed by atoms with Crippen molar-refractivity contribution in [2.24, 2.45) is 0 Å². The fourth-order valence-corrected chi connectivity index (χ4v) is 2.53. The van der Waals surface area contributed by atoms with E-state index in [0.717, 1.165) is 16.5 Å². The quantitative estimate of drug-likeness (QED) is 0.438. The molecule has 0 spiro atoms. The molecule has 146 valence electrons. The van der Waals surface area contributed by atoms with Crippen LogP contribution in [0.15, 0.2) is 66.7 Å². The van der Waals surface area contributed by atoms with E-state index in [0.29, 0.717) is 25.4 Å². The molecule has 1 atom stereocenters. The van der Waals surface area contributed by atoms with Crippen LogP contribution in [0.2, 0.25) is 0 Å². The number of aliphatic hydroxyl groups is 1. The molecule has 0 aliphatic heterocycles. The fourth-order valence-electron chi connectivity index (χ4n) is 2.53. The highest BCUT2D eigenvalue weighted by Crippen LogP contribution is 2.30. The maximum absolute atomic E-state index is 13.2. The Morgan fingerprint density at radius 1 is 0.929 bits per heavy atom. The highest BCUT2D eigenvalue weighted by molar-refractivity contribution is 5.42. The number of ether oxygens (including phenoxy) is 2. The Hall–Kier alpha value is -2.76. The molecule has 2 aliphatic carbocycles. The van der Waals surface area contributed by atoms with Crippen LogP contribution < -0.4 is 4.74 Å². The summed E-state index contributed by atoms with van der Waals surface area (Å²) < 4.78 is 36.4. The minimum absolute atomic E-state index is 0.0505. The molecule has 1 N–H and O–H groups in total. The zero-order valence-electron chi connectivity index (χ0n) is 15.6. The van der Waals surface area contributed by atoms with Gasteiger partial charge in [-0.3, -0.25) is 0 Å². The van der Waals surface area contributed by atoms with E-state index < -0.39 is 11.6 Å². The molecule has 0 fully saturated rings. The number of benzene rings is 3. The summed E-state index contributed by atoms with van der Waals surface area (Å²) >= 11 is 0. The maximum atomic E-state index is 13.2. The Kier molecular flexibility index (Phi) is 6.74. The first kappa shape index (κ1) is 20.0. The number of hydrogen-bond donors (Lipinski definition) is 1. The van der Waals surface area contributed by atoms with Crippen molar-refractivity contribution in [3.8, 4) is 11.5 Å². The van der Waals surface area contributed by atoms with Gasteiger partial charge in [-0.05, 0) is 42.3 Å². The molecule has 5 heteroatoms. The molecule has 0 aromatic heterocycles. The van der Waals surface area contributed by atoms with Crippen LogP contribution in [0.4, 0.5) is 8.78 Å². The van der Waals surface area contributed by atoms with E-state index in [-0.39, 0.29) is 11.9 Å². The van der Waals surface area contributed by atoms with Gasteiger partial charge in [0.15, 0.2) is 11.6 Å². The van der Waals surface area contributed by atoms with E-state index in [9.17, 15) is 8.78 Å². The molecule has 0 saturated heterocycles. The molecule has 0 amide bonds. The first-order valence-corrected chi connectivity index (χ1v) is 9.10.